The maximum atomic E-state index is 6.44. The highest BCUT2D eigenvalue weighted by molar-refractivity contribution is 6.31. The van der Waals surface area contributed by atoms with Gasteiger partial charge in [-0.15, -0.1) is 0 Å². The number of hydrogen-bond donors (Lipinski definition) is 0. The Kier molecular flexibility index (Phi) is 5.78. The lowest BCUT2D eigenvalue weighted by Gasteiger charge is -2.23. The molecule has 0 bridgehead atoms. The number of rotatable bonds is 6. The van der Waals surface area contributed by atoms with Crippen LogP contribution >= 0.6 is 11.6 Å². The van der Waals surface area contributed by atoms with Crippen LogP contribution in [-0.2, 0) is 0 Å². The van der Waals surface area contributed by atoms with Crippen LogP contribution in [-0.4, -0.2) is 13.2 Å². The highest BCUT2D eigenvalue weighted by Gasteiger charge is 2.19. The monoisotopic (exact) mass is 294 g/mol. The highest BCUT2D eigenvalue weighted by atomic mass is 35.5. The molecule has 0 amide bonds. The number of allylic oxidation sites excluding steroid dienone is 2. The topological polar surface area (TPSA) is 18.5 Å². The van der Waals surface area contributed by atoms with Crippen molar-refractivity contribution in [2.24, 2.45) is 0 Å². The Balaban J connectivity index is 2.24. The van der Waals surface area contributed by atoms with Crippen LogP contribution < -0.4 is 9.47 Å². The third kappa shape index (κ3) is 3.69. The summed E-state index contributed by atoms with van der Waals surface area (Å²) in [7, 11) is 0. The van der Waals surface area contributed by atoms with Crippen molar-refractivity contribution in [3.63, 3.8) is 0 Å². The standard InChI is InChI=1S/C17H23ClO2/c1-3-5-6-8-13(7-4-2)14-11-16-17(12-15(14)18)20-10-9-19-16/h5-6,11-13H,3-4,7-10H2,1-2H3/b6-5-. The molecule has 2 rings (SSSR count). The molecule has 2 nitrogen and oxygen atoms in total. The molecule has 0 N–H and O–H groups in total. The van der Waals surface area contributed by atoms with Gasteiger partial charge in [-0.3, -0.25) is 0 Å². The first-order valence-electron chi connectivity index (χ1n) is 7.50. The van der Waals surface area contributed by atoms with Crippen molar-refractivity contribution in [3.05, 3.63) is 34.9 Å². The predicted molar refractivity (Wildman–Crippen MR) is 84.1 cm³/mol. The van der Waals surface area contributed by atoms with Gasteiger partial charge < -0.3 is 9.47 Å². The van der Waals surface area contributed by atoms with Crippen molar-refractivity contribution in [3.8, 4) is 11.5 Å². The Bertz CT molecular complexity index is 468. The predicted octanol–water partition coefficient (Wildman–Crippen LogP) is 5.35. The first-order chi connectivity index (χ1) is 9.76. The van der Waals surface area contributed by atoms with Gasteiger partial charge in [0.15, 0.2) is 11.5 Å². The second kappa shape index (κ2) is 7.58. The van der Waals surface area contributed by atoms with Gasteiger partial charge >= 0.3 is 0 Å². The molecule has 0 saturated carbocycles. The fourth-order valence-corrected chi connectivity index (χ4v) is 2.88. The van der Waals surface area contributed by atoms with E-state index in [0.717, 1.165) is 42.2 Å². The second-order valence-corrected chi connectivity index (χ2v) is 5.53. The molecule has 1 aromatic rings. The summed E-state index contributed by atoms with van der Waals surface area (Å²) in [6, 6.07) is 3.97. The summed E-state index contributed by atoms with van der Waals surface area (Å²) in [6.07, 6.45) is 8.86. The minimum Gasteiger partial charge on any atom is -0.486 e. The quantitative estimate of drug-likeness (QED) is 0.658. The molecular weight excluding hydrogens is 272 g/mol. The molecule has 0 saturated heterocycles. The van der Waals surface area contributed by atoms with Crippen molar-refractivity contribution in [2.75, 3.05) is 13.2 Å². The highest BCUT2D eigenvalue weighted by Crippen LogP contribution is 2.40. The molecule has 3 heteroatoms. The van der Waals surface area contributed by atoms with Crippen molar-refractivity contribution >= 4 is 11.6 Å². The molecule has 1 aromatic carbocycles. The van der Waals surface area contributed by atoms with Crippen LogP contribution in [0.1, 0.15) is 51.0 Å². The van der Waals surface area contributed by atoms with E-state index in [1.807, 2.05) is 6.07 Å². The van der Waals surface area contributed by atoms with Crippen LogP contribution in [0.4, 0.5) is 0 Å². The molecule has 0 spiro atoms. The van der Waals surface area contributed by atoms with Crippen molar-refractivity contribution in [1.29, 1.82) is 0 Å². The minimum atomic E-state index is 0.450. The van der Waals surface area contributed by atoms with E-state index in [1.165, 1.54) is 5.56 Å². The second-order valence-electron chi connectivity index (χ2n) is 5.12. The summed E-state index contributed by atoms with van der Waals surface area (Å²) in [6.45, 7) is 5.58. The van der Waals surface area contributed by atoms with Crippen LogP contribution in [0.25, 0.3) is 0 Å². The lowest BCUT2D eigenvalue weighted by atomic mass is 9.90. The van der Waals surface area contributed by atoms with Gasteiger partial charge in [0.05, 0.1) is 0 Å². The largest absolute Gasteiger partial charge is 0.486 e. The van der Waals surface area contributed by atoms with E-state index < -0.39 is 0 Å². The van der Waals surface area contributed by atoms with Crippen molar-refractivity contribution < 1.29 is 9.47 Å². The molecule has 0 radical (unpaired) electrons. The van der Waals surface area contributed by atoms with E-state index in [2.05, 4.69) is 32.1 Å². The van der Waals surface area contributed by atoms with Crippen molar-refractivity contribution in [1.82, 2.24) is 0 Å². The Morgan fingerprint density at radius 1 is 1.15 bits per heavy atom. The molecule has 0 fully saturated rings. The van der Waals surface area contributed by atoms with Crippen LogP contribution in [0.5, 0.6) is 11.5 Å². The van der Waals surface area contributed by atoms with E-state index in [4.69, 9.17) is 21.1 Å². The lowest BCUT2D eigenvalue weighted by molar-refractivity contribution is 0.171. The third-order valence-electron chi connectivity index (χ3n) is 3.56. The lowest BCUT2D eigenvalue weighted by Crippen LogP contribution is -2.16. The van der Waals surface area contributed by atoms with E-state index in [-0.39, 0.29) is 0 Å². The number of benzene rings is 1. The van der Waals surface area contributed by atoms with Gasteiger partial charge in [-0.1, -0.05) is 44.0 Å². The molecule has 1 unspecified atom stereocenters. The Morgan fingerprint density at radius 3 is 2.50 bits per heavy atom. The van der Waals surface area contributed by atoms with Gasteiger partial charge in [-0.2, -0.15) is 0 Å². The average Bonchev–Trinajstić information content (AvgIpc) is 2.46. The molecule has 1 aliphatic heterocycles. The number of hydrogen-bond acceptors (Lipinski definition) is 2. The summed E-state index contributed by atoms with van der Waals surface area (Å²) in [4.78, 5) is 0. The molecule has 1 aliphatic rings. The summed E-state index contributed by atoms with van der Waals surface area (Å²) < 4.78 is 11.2. The Labute approximate surface area is 126 Å². The zero-order chi connectivity index (χ0) is 14.4. The van der Waals surface area contributed by atoms with Gasteiger partial charge in [0.2, 0.25) is 0 Å². The van der Waals surface area contributed by atoms with E-state index in [9.17, 15) is 0 Å². The summed E-state index contributed by atoms with van der Waals surface area (Å²) in [5, 5.41) is 0.789. The van der Waals surface area contributed by atoms with Crippen LogP contribution in [0.3, 0.4) is 0 Å². The summed E-state index contributed by atoms with van der Waals surface area (Å²) in [5.74, 6) is 2.05. The SMILES string of the molecule is CC/C=C\CC(CCC)c1cc2c(cc1Cl)OCCO2. The average molecular weight is 295 g/mol. The molecule has 1 atom stereocenters. The molecule has 1 heterocycles. The molecule has 110 valence electrons. The van der Waals surface area contributed by atoms with E-state index in [0.29, 0.717) is 19.1 Å². The minimum absolute atomic E-state index is 0.450. The van der Waals surface area contributed by atoms with Gasteiger partial charge in [-0.25, -0.2) is 0 Å². The van der Waals surface area contributed by atoms with Crippen LogP contribution in [0.2, 0.25) is 5.02 Å². The number of halogens is 1. The first-order valence-corrected chi connectivity index (χ1v) is 7.88. The van der Waals surface area contributed by atoms with Gasteiger partial charge in [0, 0.05) is 11.1 Å². The summed E-state index contributed by atoms with van der Waals surface area (Å²) >= 11 is 6.44. The maximum Gasteiger partial charge on any atom is 0.162 e. The first kappa shape index (κ1) is 15.2. The zero-order valence-corrected chi connectivity index (χ0v) is 13.1. The fourth-order valence-electron chi connectivity index (χ4n) is 2.57. The Morgan fingerprint density at radius 2 is 1.85 bits per heavy atom. The molecule has 20 heavy (non-hydrogen) atoms. The molecule has 0 aromatic heterocycles. The zero-order valence-electron chi connectivity index (χ0n) is 12.3. The molecule has 0 aliphatic carbocycles. The normalized spacial score (nSPS) is 15.6. The Hall–Kier alpha value is -1.15. The van der Waals surface area contributed by atoms with E-state index in [1.54, 1.807) is 0 Å². The van der Waals surface area contributed by atoms with E-state index >= 15 is 0 Å². The van der Waals surface area contributed by atoms with Crippen LogP contribution in [0, 0.1) is 0 Å². The maximum absolute atomic E-state index is 6.44. The fraction of sp³-hybridized carbons (Fsp3) is 0.529. The number of fused-ring (bicyclic) bond motifs is 1. The third-order valence-corrected chi connectivity index (χ3v) is 3.89. The van der Waals surface area contributed by atoms with Gasteiger partial charge in [0.25, 0.3) is 0 Å². The smallest absolute Gasteiger partial charge is 0.162 e. The van der Waals surface area contributed by atoms with Gasteiger partial charge in [0.1, 0.15) is 13.2 Å². The van der Waals surface area contributed by atoms with Crippen molar-refractivity contribution in [2.45, 2.75) is 45.4 Å². The van der Waals surface area contributed by atoms with Gasteiger partial charge in [-0.05, 0) is 36.8 Å². The van der Waals surface area contributed by atoms with Crippen LogP contribution in [0.15, 0.2) is 24.3 Å². The molecular formula is C17H23ClO2. The number of ether oxygens (including phenoxy) is 2. The summed E-state index contributed by atoms with van der Waals surface area (Å²) in [5.41, 5.74) is 1.18.